The molecule has 4 aromatic rings. The van der Waals surface area contributed by atoms with E-state index < -0.39 is 0 Å². The molecule has 0 spiro atoms. The second kappa shape index (κ2) is 5.37. The Balaban J connectivity index is 1.84. The normalized spacial score (nSPS) is 11.2. The van der Waals surface area contributed by atoms with Crippen LogP contribution >= 0.6 is 0 Å². The molecule has 1 aromatic carbocycles. The van der Waals surface area contributed by atoms with Crippen LogP contribution in [0.5, 0.6) is 0 Å². The predicted molar refractivity (Wildman–Crippen MR) is 87.6 cm³/mol. The first kappa shape index (κ1) is 13.7. The molecule has 0 bridgehead atoms. The van der Waals surface area contributed by atoms with E-state index in [0.717, 1.165) is 39.1 Å². The second-order valence-corrected chi connectivity index (χ2v) is 5.44. The van der Waals surface area contributed by atoms with Crippen LogP contribution in [0.2, 0.25) is 0 Å². The van der Waals surface area contributed by atoms with Gasteiger partial charge in [0.1, 0.15) is 11.3 Å². The largest absolute Gasteiger partial charge is 0.454 e. The summed E-state index contributed by atoms with van der Waals surface area (Å²) in [6.45, 7) is 0.0348. The fourth-order valence-electron chi connectivity index (χ4n) is 2.64. The summed E-state index contributed by atoms with van der Waals surface area (Å²) in [5.74, 6) is 0.758. The molecule has 0 amide bonds. The van der Waals surface area contributed by atoms with Gasteiger partial charge in [0, 0.05) is 42.2 Å². The molecule has 0 aliphatic heterocycles. The highest BCUT2D eigenvalue weighted by molar-refractivity contribution is 5.92. The molecule has 0 fully saturated rings. The zero-order chi connectivity index (χ0) is 15.8. The van der Waals surface area contributed by atoms with Crippen LogP contribution in [0.15, 0.2) is 59.4 Å². The highest BCUT2D eigenvalue weighted by Crippen LogP contribution is 2.33. The van der Waals surface area contributed by atoms with Gasteiger partial charge in [0.25, 0.3) is 0 Å². The molecule has 3 heterocycles. The summed E-state index contributed by atoms with van der Waals surface area (Å²) in [5.41, 5.74) is 5.36. The van der Waals surface area contributed by atoms with Crippen LogP contribution in [0.3, 0.4) is 0 Å². The molecule has 0 unspecified atom stereocenters. The second-order valence-electron chi connectivity index (χ2n) is 5.44. The molecule has 114 valence electrons. The average molecular weight is 305 g/mol. The number of hydrogen-bond donors (Lipinski definition) is 1. The van der Waals surface area contributed by atoms with Gasteiger partial charge in [-0.1, -0.05) is 24.3 Å². The number of nitrogens with zero attached hydrogens (tertiary/aromatic N) is 3. The van der Waals surface area contributed by atoms with Crippen molar-refractivity contribution in [2.75, 3.05) is 0 Å². The minimum Gasteiger partial charge on any atom is -0.454 e. The molecule has 3 aromatic heterocycles. The summed E-state index contributed by atoms with van der Waals surface area (Å²) in [6.07, 6.45) is 5.54. The van der Waals surface area contributed by atoms with Crippen molar-refractivity contribution in [1.29, 1.82) is 0 Å². The Labute approximate surface area is 132 Å². The summed E-state index contributed by atoms with van der Waals surface area (Å²) in [7, 11) is 1.89. The van der Waals surface area contributed by atoms with E-state index >= 15 is 0 Å². The van der Waals surface area contributed by atoms with E-state index in [-0.39, 0.29) is 6.61 Å². The molecular formula is C18H15N3O2. The fraction of sp³-hybridized carbons (Fsp3) is 0.111. The molecule has 0 atom stereocenters. The summed E-state index contributed by atoms with van der Waals surface area (Å²) >= 11 is 0. The molecule has 0 aliphatic carbocycles. The highest BCUT2D eigenvalue weighted by Gasteiger charge is 2.13. The number of fused-ring (bicyclic) bond motifs is 1. The van der Waals surface area contributed by atoms with Gasteiger partial charge in [-0.25, -0.2) is 0 Å². The summed E-state index contributed by atoms with van der Waals surface area (Å²) < 4.78 is 7.82. The zero-order valence-corrected chi connectivity index (χ0v) is 12.6. The van der Waals surface area contributed by atoms with Crippen molar-refractivity contribution >= 4 is 11.1 Å². The quantitative estimate of drug-likeness (QED) is 0.630. The molecule has 0 saturated heterocycles. The number of pyridine rings is 1. The fourth-order valence-corrected chi connectivity index (χ4v) is 2.64. The zero-order valence-electron chi connectivity index (χ0n) is 12.6. The maximum atomic E-state index is 9.14. The lowest BCUT2D eigenvalue weighted by molar-refractivity contribution is 0.282. The SMILES string of the molecule is Cn1cc(-c2ccnc3cc(-c4ccc(CO)cc4)oc23)cn1. The van der Waals surface area contributed by atoms with Crippen LogP contribution < -0.4 is 0 Å². The third-order valence-electron chi connectivity index (χ3n) is 3.85. The van der Waals surface area contributed by atoms with Crippen molar-refractivity contribution in [3.63, 3.8) is 0 Å². The Morgan fingerprint density at radius 3 is 2.65 bits per heavy atom. The Bertz CT molecular complexity index is 968. The number of aromatic nitrogens is 3. The van der Waals surface area contributed by atoms with Crippen LogP contribution in [-0.2, 0) is 13.7 Å². The van der Waals surface area contributed by atoms with E-state index in [2.05, 4.69) is 10.1 Å². The van der Waals surface area contributed by atoms with Gasteiger partial charge in [0.2, 0.25) is 0 Å². The smallest absolute Gasteiger partial charge is 0.161 e. The van der Waals surface area contributed by atoms with Gasteiger partial charge in [-0.3, -0.25) is 9.67 Å². The van der Waals surface area contributed by atoms with E-state index in [0.29, 0.717) is 0 Å². The van der Waals surface area contributed by atoms with E-state index in [4.69, 9.17) is 9.52 Å². The van der Waals surface area contributed by atoms with Crippen LogP contribution in [0.25, 0.3) is 33.6 Å². The number of aryl methyl sites for hydroxylation is 1. The monoisotopic (exact) mass is 305 g/mol. The maximum absolute atomic E-state index is 9.14. The first-order valence-electron chi connectivity index (χ1n) is 7.32. The van der Waals surface area contributed by atoms with Crippen LogP contribution in [0, 0.1) is 0 Å². The molecule has 4 rings (SSSR count). The van der Waals surface area contributed by atoms with Gasteiger partial charge >= 0.3 is 0 Å². The number of hydrogen-bond acceptors (Lipinski definition) is 4. The van der Waals surface area contributed by atoms with Crippen molar-refractivity contribution in [1.82, 2.24) is 14.8 Å². The Hall–Kier alpha value is -2.92. The van der Waals surface area contributed by atoms with Gasteiger partial charge in [-0.05, 0) is 11.6 Å². The number of rotatable bonds is 3. The summed E-state index contributed by atoms with van der Waals surface area (Å²) in [6, 6.07) is 11.5. The Morgan fingerprint density at radius 2 is 1.96 bits per heavy atom. The van der Waals surface area contributed by atoms with E-state index in [1.807, 2.05) is 55.8 Å². The lowest BCUT2D eigenvalue weighted by Gasteiger charge is -1.99. The minimum atomic E-state index is 0.0348. The van der Waals surface area contributed by atoms with Crippen LogP contribution in [-0.4, -0.2) is 19.9 Å². The van der Waals surface area contributed by atoms with Crippen molar-refractivity contribution in [3.8, 4) is 22.5 Å². The van der Waals surface area contributed by atoms with Crippen molar-refractivity contribution in [2.24, 2.45) is 7.05 Å². The predicted octanol–water partition coefficient (Wildman–Crippen LogP) is 3.39. The van der Waals surface area contributed by atoms with Crippen LogP contribution in [0.1, 0.15) is 5.56 Å². The first-order valence-corrected chi connectivity index (χ1v) is 7.32. The lowest BCUT2D eigenvalue weighted by atomic mass is 10.1. The maximum Gasteiger partial charge on any atom is 0.161 e. The molecule has 0 saturated carbocycles. The molecular weight excluding hydrogens is 290 g/mol. The summed E-state index contributed by atoms with van der Waals surface area (Å²) in [4.78, 5) is 4.39. The summed E-state index contributed by atoms with van der Waals surface area (Å²) in [5, 5.41) is 13.4. The van der Waals surface area contributed by atoms with Crippen molar-refractivity contribution in [2.45, 2.75) is 6.61 Å². The molecule has 5 nitrogen and oxygen atoms in total. The standard InChI is InChI=1S/C18H15N3O2/c1-21-10-14(9-20-21)15-6-7-19-16-8-17(23-18(15)16)13-4-2-12(11-22)3-5-13/h2-10,22H,11H2,1H3. The third-order valence-corrected chi connectivity index (χ3v) is 3.85. The number of aliphatic hydroxyl groups excluding tert-OH is 1. The Morgan fingerprint density at radius 1 is 1.13 bits per heavy atom. The number of benzene rings is 1. The van der Waals surface area contributed by atoms with Gasteiger partial charge in [0.15, 0.2) is 5.58 Å². The van der Waals surface area contributed by atoms with Crippen molar-refractivity contribution < 1.29 is 9.52 Å². The van der Waals surface area contributed by atoms with Gasteiger partial charge < -0.3 is 9.52 Å². The third kappa shape index (κ3) is 2.41. The van der Waals surface area contributed by atoms with E-state index in [1.165, 1.54) is 0 Å². The van der Waals surface area contributed by atoms with E-state index in [1.54, 1.807) is 10.9 Å². The molecule has 1 N–H and O–H groups in total. The molecule has 0 radical (unpaired) electrons. The lowest BCUT2D eigenvalue weighted by Crippen LogP contribution is -1.84. The number of aliphatic hydroxyl groups is 1. The topological polar surface area (TPSA) is 64.1 Å². The molecule has 5 heteroatoms. The van der Waals surface area contributed by atoms with Crippen LogP contribution in [0.4, 0.5) is 0 Å². The van der Waals surface area contributed by atoms with Crippen molar-refractivity contribution in [3.05, 3.63) is 60.6 Å². The molecule has 0 aliphatic rings. The van der Waals surface area contributed by atoms with Gasteiger partial charge in [-0.15, -0.1) is 0 Å². The number of furan rings is 1. The van der Waals surface area contributed by atoms with Gasteiger partial charge in [-0.2, -0.15) is 5.10 Å². The Kier molecular flexibility index (Phi) is 3.20. The average Bonchev–Trinajstić information content (AvgIpc) is 3.20. The van der Waals surface area contributed by atoms with Gasteiger partial charge in [0.05, 0.1) is 12.8 Å². The first-order chi connectivity index (χ1) is 11.2. The molecule has 23 heavy (non-hydrogen) atoms. The van der Waals surface area contributed by atoms with E-state index in [9.17, 15) is 0 Å². The highest BCUT2D eigenvalue weighted by atomic mass is 16.3. The minimum absolute atomic E-state index is 0.0348.